The SMILES string of the molecule is C[C@@H]1O[C@@H](O[C@H]2[C@H](OC(=O)[C@]34CCC(C)(C)C[C@H]3C3=CCC5[C@@]6(C)C[C@H](O)[C@H](O[C@@H]7O[C@H](CO)[C@@H](O)[C@H](O)[C@H]7O)[C@@](C)(CO)C6[C@H](O)C[C@@]5(C)[C@]3(C)C[C@H]4O)OC[C@H](O)[C@@H]2O)[C@H](O)[C@H](O)[C@H]1O[C@@H]1OC[C@@H](O)[C@H](O[C@H]2OC[C@](O)(CO)[C@H]2O)[C@H]1O. The fourth-order valence-electron chi connectivity index (χ4n) is 17.5. The Bertz CT molecular complexity index is 2400. The van der Waals surface area contributed by atoms with Crippen molar-refractivity contribution in [1.82, 2.24) is 0 Å². The third-order valence-corrected chi connectivity index (χ3v) is 22.4. The zero-order chi connectivity index (χ0) is 62.2. The summed E-state index contributed by atoms with van der Waals surface area (Å²) in [5.41, 5.74) is -7.31. The molecule has 0 aromatic heterocycles. The lowest BCUT2D eigenvalue weighted by atomic mass is 9.32. The molecule has 0 bridgehead atoms. The van der Waals surface area contributed by atoms with Gasteiger partial charge in [-0.1, -0.05) is 53.2 Å². The highest BCUT2D eigenvalue weighted by Gasteiger charge is 2.75. The van der Waals surface area contributed by atoms with Gasteiger partial charge in [0.2, 0.25) is 6.29 Å². The molecule has 0 spiro atoms. The van der Waals surface area contributed by atoms with Crippen LogP contribution in [0.3, 0.4) is 0 Å². The highest BCUT2D eigenvalue weighted by molar-refractivity contribution is 5.80. The molecule has 17 N–H and O–H groups in total. The summed E-state index contributed by atoms with van der Waals surface area (Å²) < 4.78 is 58.5. The molecule has 5 aliphatic heterocycles. The second-order valence-electron chi connectivity index (χ2n) is 28.1. The molecule has 5 aliphatic carbocycles. The quantitative estimate of drug-likeness (QED) is 0.0465. The molecule has 0 radical (unpaired) electrons. The van der Waals surface area contributed by atoms with Gasteiger partial charge in [-0.05, 0) is 85.4 Å². The second-order valence-corrected chi connectivity index (χ2v) is 28.1. The summed E-state index contributed by atoms with van der Waals surface area (Å²) in [7, 11) is 0. The fourth-order valence-corrected chi connectivity index (χ4v) is 17.5. The maximum Gasteiger partial charge on any atom is 0.317 e. The summed E-state index contributed by atoms with van der Waals surface area (Å²) in [6, 6.07) is 0. The van der Waals surface area contributed by atoms with Crippen LogP contribution < -0.4 is 0 Å². The van der Waals surface area contributed by atoms with Crippen LogP contribution in [0.5, 0.6) is 0 Å². The van der Waals surface area contributed by atoms with Crippen molar-refractivity contribution >= 4 is 5.97 Å². The molecule has 5 heterocycles. The van der Waals surface area contributed by atoms with Crippen molar-refractivity contribution in [3.05, 3.63) is 11.6 Å². The smallest absolute Gasteiger partial charge is 0.317 e. The van der Waals surface area contributed by atoms with Crippen LogP contribution in [0.4, 0.5) is 0 Å². The van der Waals surface area contributed by atoms with Crippen LogP contribution in [0.15, 0.2) is 11.6 Å². The summed E-state index contributed by atoms with van der Waals surface area (Å²) in [4.78, 5) is 15.4. The average Bonchev–Trinajstić information content (AvgIpc) is 0.961. The van der Waals surface area contributed by atoms with Crippen molar-refractivity contribution in [2.45, 2.75) is 246 Å². The minimum absolute atomic E-state index is 0.00608. The predicted molar refractivity (Wildman–Crippen MR) is 282 cm³/mol. The van der Waals surface area contributed by atoms with E-state index in [1.807, 2.05) is 13.8 Å². The lowest BCUT2D eigenvalue weighted by molar-refractivity contribution is -0.372. The highest BCUT2D eigenvalue weighted by Crippen LogP contribution is 2.76. The number of carbonyl (C=O) groups excluding carboxylic acids is 1. The van der Waals surface area contributed by atoms with Gasteiger partial charge < -0.3 is 134 Å². The Morgan fingerprint density at radius 3 is 1.89 bits per heavy atom. The van der Waals surface area contributed by atoms with Crippen LogP contribution in [0.1, 0.15) is 93.4 Å². The lowest BCUT2D eigenvalue weighted by Crippen LogP contribution is -2.73. The molecule has 0 aromatic carbocycles. The summed E-state index contributed by atoms with van der Waals surface area (Å²) in [5, 5.41) is 189. The zero-order valence-electron chi connectivity index (χ0n) is 49.0. The van der Waals surface area contributed by atoms with Crippen LogP contribution >= 0.6 is 0 Å². The van der Waals surface area contributed by atoms with Gasteiger partial charge in [-0.25, -0.2) is 0 Å². The van der Waals surface area contributed by atoms with Gasteiger partial charge in [0.25, 0.3) is 0 Å². The molecule has 33 atom stereocenters. The normalized spacial score (nSPS) is 56.0. The minimum atomic E-state index is -2.08. The number of carbonyl (C=O) groups is 1. The van der Waals surface area contributed by atoms with Gasteiger partial charge in [-0.3, -0.25) is 4.79 Å². The van der Waals surface area contributed by atoms with Crippen LogP contribution in [0.25, 0.3) is 0 Å². The average molecular weight is 1230 g/mol. The van der Waals surface area contributed by atoms with E-state index in [-0.39, 0.29) is 37.0 Å². The third-order valence-electron chi connectivity index (χ3n) is 22.4. The molecule has 4 saturated carbocycles. The van der Waals surface area contributed by atoms with Crippen LogP contribution in [-0.4, -0.2) is 285 Å². The van der Waals surface area contributed by atoms with E-state index in [0.717, 1.165) is 5.57 Å². The Balaban J connectivity index is 0.867. The molecular weight excluding hydrogens is 1130 g/mol. The van der Waals surface area contributed by atoms with E-state index in [2.05, 4.69) is 26.8 Å². The van der Waals surface area contributed by atoms with Crippen molar-refractivity contribution in [1.29, 1.82) is 0 Å². The van der Waals surface area contributed by atoms with Crippen molar-refractivity contribution in [3.8, 4) is 0 Å². The van der Waals surface area contributed by atoms with Crippen LogP contribution in [0.2, 0.25) is 0 Å². The van der Waals surface area contributed by atoms with Gasteiger partial charge in [-0.15, -0.1) is 0 Å². The second kappa shape index (κ2) is 23.7. The van der Waals surface area contributed by atoms with E-state index in [9.17, 15) is 86.8 Å². The molecular formula is C57H92O28. The monoisotopic (exact) mass is 1220 g/mol. The molecule has 10 aliphatic rings. The lowest BCUT2D eigenvalue weighted by Gasteiger charge is -2.73. The Kier molecular flexibility index (Phi) is 18.4. The Hall–Kier alpha value is -1.83. The number of allylic oxidation sites excluding steroid dienone is 2. The molecule has 488 valence electrons. The largest absolute Gasteiger partial charge is 0.432 e. The van der Waals surface area contributed by atoms with Gasteiger partial charge in [-0.2, -0.15) is 0 Å². The number of hydrogen-bond donors (Lipinski definition) is 17. The Morgan fingerprint density at radius 2 is 1.24 bits per heavy atom. The molecule has 2 unspecified atom stereocenters. The molecule has 9 fully saturated rings. The molecule has 5 saturated heterocycles. The molecule has 0 amide bonds. The molecule has 28 heteroatoms. The number of rotatable bonds is 13. The maximum absolute atomic E-state index is 15.4. The number of esters is 1. The fraction of sp³-hybridized carbons (Fsp3) is 0.947. The minimum Gasteiger partial charge on any atom is -0.432 e. The standard InChI is InChI=1S/C57H92O28/c1-22-39(81-45-38(72)40(28(64)18-76-45)82-49-43(73)56(75,20-60)21-78-49)35(69)37(71)46(79-22)83-41-32(66)27(63)17-77-48(41)85-50(74)57-11-10-51(2,3)12-24(57)23-8-9-30-52(4)13-26(62)44(84-47-36(70)34(68)33(67)29(16-58)80-47)53(5,19-59)42(52)25(61)14-55(30,7)54(23,6)15-31(57)65/h8,22,24-49,58-73,75H,9-21H2,1-7H3/t22-,24-,25+,26-,27-,28+,29+,30?,31+,32-,33+,34-,35-,36+,37+,38+,39-,40-,41+,42?,43-,44-,45-,46-,47-,48-,49+,52+,53-,54+,55+,56+,57+/m0/s1. The first-order chi connectivity index (χ1) is 39.7. The van der Waals surface area contributed by atoms with Gasteiger partial charge >= 0.3 is 5.97 Å². The van der Waals surface area contributed by atoms with Crippen LogP contribution in [-0.2, 0) is 52.2 Å². The van der Waals surface area contributed by atoms with Gasteiger partial charge in [0.15, 0.2) is 31.3 Å². The zero-order valence-corrected chi connectivity index (χ0v) is 49.0. The Labute approximate surface area is 491 Å². The first-order valence-corrected chi connectivity index (χ1v) is 29.8. The predicted octanol–water partition coefficient (Wildman–Crippen LogP) is -5.38. The maximum atomic E-state index is 15.4. The van der Waals surface area contributed by atoms with Crippen molar-refractivity contribution in [3.63, 3.8) is 0 Å². The molecule has 85 heavy (non-hydrogen) atoms. The third kappa shape index (κ3) is 10.6. The van der Waals surface area contributed by atoms with Gasteiger partial charge in [0, 0.05) is 11.3 Å². The van der Waals surface area contributed by atoms with E-state index in [1.165, 1.54) is 6.92 Å². The topological polar surface area (TPSA) is 453 Å². The van der Waals surface area contributed by atoms with Gasteiger partial charge in [0.05, 0.1) is 70.2 Å². The Morgan fingerprint density at radius 1 is 0.600 bits per heavy atom. The van der Waals surface area contributed by atoms with E-state index in [0.29, 0.717) is 19.3 Å². The van der Waals surface area contributed by atoms with E-state index < -0.39 is 238 Å². The van der Waals surface area contributed by atoms with E-state index >= 15 is 4.79 Å². The van der Waals surface area contributed by atoms with Crippen molar-refractivity contribution in [2.24, 2.45) is 50.2 Å². The molecule has 0 aromatic rings. The first-order valence-electron chi connectivity index (χ1n) is 29.8. The molecule has 28 nitrogen and oxygen atoms in total. The van der Waals surface area contributed by atoms with Crippen molar-refractivity contribution in [2.75, 3.05) is 39.6 Å². The van der Waals surface area contributed by atoms with E-state index in [1.54, 1.807) is 6.92 Å². The van der Waals surface area contributed by atoms with Crippen LogP contribution in [0, 0.1) is 50.2 Å². The van der Waals surface area contributed by atoms with Gasteiger partial charge in [0.1, 0.15) is 90.4 Å². The summed E-state index contributed by atoms with van der Waals surface area (Å²) >= 11 is 0. The molecule has 10 rings (SSSR count). The number of aliphatic hydroxyl groups excluding tert-OH is 16. The van der Waals surface area contributed by atoms with Crippen molar-refractivity contribution < 1.29 is 139 Å². The summed E-state index contributed by atoms with van der Waals surface area (Å²) in [5.74, 6) is -2.63. The number of hydrogen-bond acceptors (Lipinski definition) is 28. The number of aliphatic hydroxyl groups is 17. The van der Waals surface area contributed by atoms with E-state index in [4.69, 9.17) is 47.4 Å². The first kappa shape index (κ1) is 66.1. The number of ether oxygens (including phenoxy) is 10. The summed E-state index contributed by atoms with van der Waals surface area (Å²) in [6.07, 6.45) is -35.0. The summed E-state index contributed by atoms with van der Waals surface area (Å²) in [6.45, 7) is 9.53. The number of fused-ring (bicyclic) bond motifs is 7. The highest BCUT2D eigenvalue weighted by atomic mass is 16.8.